The predicted octanol–water partition coefficient (Wildman–Crippen LogP) is 4.50. The van der Waals surface area contributed by atoms with Crippen LogP contribution >= 0.6 is 0 Å². The first-order valence-electron chi connectivity index (χ1n) is 8.59. The second-order valence-corrected chi connectivity index (χ2v) is 6.39. The number of likely N-dealkylation sites (N-methyl/N-ethyl adjacent to an activating group) is 1. The Morgan fingerprint density at radius 3 is 2.77 bits per heavy atom. The second-order valence-electron chi connectivity index (χ2n) is 6.39. The minimum Gasteiger partial charge on any atom is -0.450 e. The number of hydrogen-bond acceptors (Lipinski definition) is 2. The lowest BCUT2D eigenvalue weighted by atomic mass is 9.90. The average Bonchev–Trinajstić information content (AvgIpc) is 2.51. The molecule has 1 aromatic rings. The van der Waals surface area contributed by atoms with E-state index in [0.29, 0.717) is 6.61 Å². The number of rotatable bonds is 2. The fourth-order valence-corrected chi connectivity index (χ4v) is 3.30. The van der Waals surface area contributed by atoms with Crippen LogP contribution in [0.4, 0.5) is 4.79 Å². The number of carbonyl (C=O) groups is 1. The van der Waals surface area contributed by atoms with Crippen molar-refractivity contribution in [1.29, 1.82) is 0 Å². The lowest BCUT2D eigenvalue weighted by Crippen LogP contribution is -2.39. The number of nitrogens with zero attached hydrogens (tertiary/aromatic N) is 1. The van der Waals surface area contributed by atoms with Crippen molar-refractivity contribution in [1.82, 2.24) is 4.90 Å². The Kier molecular flexibility index (Phi) is 6.29. The molecule has 1 aromatic carbocycles. The molecule has 0 radical (unpaired) electrons. The van der Waals surface area contributed by atoms with Gasteiger partial charge in [0.15, 0.2) is 0 Å². The molecule has 0 heterocycles. The molecule has 0 aromatic heterocycles. The van der Waals surface area contributed by atoms with E-state index in [1.807, 2.05) is 14.0 Å². The molecule has 0 aliphatic heterocycles. The van der Waals surface area contributed by atoms with Crippen molar-refractivity contribution in [3.8, 4) is 0 Å². The van der Waals surface area contributed by atoms with E-state index in [2.05, 4.69) is 25.1 Å². The van der Waals surface area contributed by atoms with Crippen LogP contribution in [0, 0.1) is 6.92 Å². The summed E-state index contributed by atoms with van der Waals surface area (Å²) in [5, 5.41) is 0. The number of hydrogen-bond donors (Lipinski definition) is 0. The van der Waals surface area contributed by atoms with E-state index in [1.165, 1.54) is 42.4 Å². The minimum absolute atomic E-state index is 0.196. The first kappa shape index (κ1) is 16.9. The van der Waals surface area contributed by atoms with Gasteiger partial charge in [-0.3, -0.25) is 0 Å². The highest BCUT2D eigenvalue weighted by atomic mass is 16.6. The van der Waals surface area contributed by atoms with Crippen LogP contribution < -0.4 is 0 Å². The van der Waals surface area contributed by atoms with Crippen molar-refractivity contribution in [2.45, 2.75) is 64.8 Å². The molecule has 0 bridgehead atoms. The Labute approximate surface area is 134 Å². The molecule has 22 heavy (non-hydrogen) atoms. The van der Waals surface area contributed by atoms with Gasteiger partial charge < -0.3 is 9.64 Å². The molecule has 1 amide bonds. The Hall–Kier alpha value is -1.51. The number of amides is 1. The molecule has 2 rings (SSSR count). The maximum Gasteiger partial charge on any atom is 0.409 e. The van der Waals surface area contributed by atoms with Gasteiger partial charge in [-0.25, -0.2) is 4.79 Å². The van der Waals surface area contributed by atoms with E-state index in [1.54, 1.807) is 4.90 Å². The third kappa shape index (κ3) is 4.49. The van der Waals surface area contributed by atoms with E-state index < -0.39 is 0 Å². The highest BCUT2D eigenvalue weighted by Crippen LogP contribution is 2.23. The molecule has 0 fully saturated rings. The summed E-state index contributed by atoms with van der Waals surface area (Å²) in [4.78, 5) is 13.9. The third-order valence-corrected chi connectivity index (χ3v) is 4.65. The predicted molar refractivity (Wildman–Crippen MR) is 90.2 cm³/mol. The van der Waals surface area contributed by atoms with E-state index >= 15 is 0 Å². The molecule has 0 spiro atoms. The number of ether oxygens (including phenoxy) is 1. The second kappa shape index (κ2) is 8.21. The minimum atomic E-state index is -0.196. The summed E-state index contributed by atoms with van der Waals surface area (Å²) < 4.78 is 5.18. The van der Waals surface area contributed by atoms with Gasteiger partial charge in [-0.1, -0.05) is 43.0 Å². The molecule has 3 nitrogen and oxygen atoms in total. The Morgan fingerprint density at radius 2 is 2.00 bits per heavy atom. The quantitative estimate of drug-likeness (QED) is 0.805. The summed E-state index contributed by atoms with van der Waals surface area (Å²) >= 11 is 0. The summed E-state index contributed by atoms with van der Waals surface area (Å²) in [6, 6.07) is 6.99. The fraction of sp³-hybridized carbons (Fsp3) is 0.632. The summed E-state index contributed by atoms with van der Waals surface area (Å²) in [5.41, 5.74) is 4.18. The van der Waals surface area contributed by atoms with Crippen molar-refractivity contribution in [3.63, 3.8) is 0 Å². The molecule has 1 aliphatic carbocycles. The summed E-state index contributed by atoms with van der Waals surface area (Å²) in [7, 11) is 1.88. The lowest BCUT2D eigenvalue weighted by molar-refractivity contribution is 0.0988. The van der Waals surface area contributed by atoms with Crippen LogP contribution in [-0.4, -0.2) is 30.7 Å². The summed E-state index contributed by atoms with van der Waals surface area (Å²) in [6.45, 7) is 4.45. The van der Waals surface area contributed by atoms with Crippen molar-refractivity contribution < 1.29 is 9.53 Å². The van der Waals surface area contributed by atoms with Gasteiger partial charge in [0.2, 0.25) is 0 Å². The molecular weight excluding hydrogens is 274 g/mol. The first-order chi connectivity index (χ1) is 10.6. The summed E-state index contributed by atoms with van der Waals surface area (Å²) in [6.07, 6.45) is 7.96. The van der Waals surface area contributed by atoms with E-state index in [4.69, 9.17) is 4.74 Å². The van der Waals surface area contributed by atoms with E-state index in [9.17, 15) is 4.79 Å². The van der Waals surface area contributed by atoms with E-state index in [-0.39, 0.29) is 12.1 Å². The van der Waals surface area contributed by atoms with Crippen LogP contribution in [0.2, 0.25) is 0 Å². The Balaban J connectivity index is 2.20. The maximum atomic E-state index is 12.1. The van der Waals surface area contributed by atoms with Gasteiger partial charge in [-0.15, -0.1) is 0 Å². The van der Waals surface area contributed by atoms with Crippen LogP contribution in [0.3, 0.4) is 0 Å². The summed E-state index contributed by atoms with van der Waals surface area (Å²) in [5.74, 6) is 0. The van der Waals surface area contributed by atoms with Crippen molar-refractivity contribution in [3.05, 3.63) is 34.9 Å². The van der Waals surface area contributed by atoms with Crippen LogP contribution in [0.1, 0.15) is 55.7 Å². The highest BCUT2D eigenvalue weighted by Gasteiger charge is 2.22. The van der Waals surface area contributed by atoms with Crippen molar-refractivity contribution >= 4 is 6.09 Å². The lowest BCUT2D eigenvalue weighted by Gasteiger charge is -2.29. The van der Waals surface area contributed by atoms with Gasteiger partial charge in [0.05, 0.1) is 6.61 Å². The Bertz CT molecular complexity index is 498. The third-order valence-electron chi connectivity index (χ3n) is 4.65. The van der Waals surface area contributed by atoms with E-state index in [0.717, 1.165) is 19.3 Å². The zero-order valence-electron chi connectivity index (χ0n) is 14.2. The smallest absolute Gasteiger partial charge is 0.409 e. The van der Waals surface area contributed by atoms with Crippen LogP contribution in [0.5, 0.6) is 0 Å². The zero-order valence-corrected chi connectivity index (χ0v) is 14.2. The van der Waals surface area contributed by atoms with Gasteiger partial charge in [-0.2, -0.15) is 0 Å². The number of carbonyl (C=O) groups excluding carboxylic acids is 1. The monoisotopic (exact) mass is 303 g/mol. The standard InChI is InChI=1S/C19H29NO2/c1-4-22-19(21)20(3)18-10-8-6-5-7-9-16-13-15(2)11-12-17(16)14-18/h11-13,18H,4-10,14H2,1-3H3/t18-/m1/s1. The highest BCUT2D eigenvalue weighted by molar-refractivity contribution is 5.67. The van der Waals surface area contributed by atoms with Crippen LogP contribution in [0.15, 0.2) is 18.2 Å². The van der Waals surface area contributed by atoms with Crippen molar-refractivity contribution in [2.75, 3.05) is 13.7 Å². The van der Waals surface area contributed by atoms with Gasteiger partial charge in [0.25, 0.3) is 0 Å². The Morgan fingerprint density at radius 1 is 1.23 bits per heavy atom. The fourth-order valence-electron chi connectivity index (χ4n) is 3.30. The normalized spacial score (nSPS) is 19.1. The molecule has 0 N–H and O–H groups in total. The molecule has 122 valence electrons. The van der Waals surface area contributed by atoms with Crippen molar-refractivity contribution in [2.24, 2.45) is 0 Å². The maximum absolute atomic E-state index is 12.1. The average molecular weight is 303 g/mol. The van der Waals surface area contributed by atoms with Gasteiger partial charge in [0, 0.05) is 13.1 Å². The van der Waals surface area contributed by atoms with Gasteiger partial charge >= 0.3 is 6.09 Å². The zero-order chi connectivity index (χ0) is 15.9. The number of fused-ring (bicyclic) bond motifs is 1. The number of benzene rings is 1. The molecule has 0 saturated carbocycles. The molecule has 1 atom stereocenters. The molecule has 1 aliphatic rings. The topological polar surface area (TPSA) is 29.5 Å². The van der Waals surface area contributed by atoms with Crippen LogP contribution in [-0.2, 0) is 17.6 Å². The largest absolute Gasteiger partial charge is 0.450 e. The molecule has 0 unspecified atom stereocenters. The first-order valence-corrected chi connectivity index (χ1v) is 8.59. The van der Waals surface area contributed by atoms with Crippen LogP contribution in [0.25, 0.3) is 0 Å². The molecule has 0 saturated heterocycles. The molecule has 3 heteroatoms. The van der Waals surface area contributed by atoms with Gasteiger partial charge in [0.1, 0.15) is 0 Å². The SMILES string of the molecule is CCOC(=O)N(C)[C@@H]1CCCCCCc2cc(C)ccc2C1. The molecular formula is C19H29NO2. The number of aryl methyl sites for hydroxylation is 2. The van der Waals surface area contributed by atoms with Gasteiger partial charge in [-0.05, 0) is 50.7 Å².